The molecule has 33 heavy (non-hydrogen) atoms. The van der Waals surface area contributed by atoms with E-state index >= 15 is 0 Å². The Morgan fingerprint density at radius 3 is 2.48 bits per heavy atom. The molecule has 1 atom stereocenters. The maximum atomic E-state index is 13.6. The lowest BCUT2D eigenvalue weighted by Crippen LogP contribution is -2.50. The highest BCUT2D eigenvalue weighted by molar-refractivity contribution is 6.09. The fourth-order valence-electron chi connectivity index (χ4n) is 4.25. The van der Waals surface area contributed by atoms with Crippen LogP contribution in [-0.2, 0) is 0 Å². The van der Waals surface area contributed by atoms with Gasteiger partial charge in [0.25, 0.3) is 5.91 Å². The predicted octanol–water partition coefficient (Wildman–Crippen LogP) is 5.65. The first kappa shape index (κ1) is 22.4. The number of nitrogens with zero attached hydrogens (tertiary/aromatic N) is 2. The molecule has 0 spiro atoms. The number of rotatable bonds is 6. The summed E-state index contributed by atoms with van der Waals surface area (Å²) in [6.45, 7) is 5.30. The SMILES string of the molecule is COc1ccccc1C(=O)Nc1cc(C)ccc1N1CCCN(C(C)c2ccccc2)C1=O. The first-order chi connectivity index (χ1) is 16.0. The van der Waals surface area contributed by atoms with E-state index in [1.165, 1.54) is 0 Å². The number of ether oxygens (including phenoxy) is 1. The van der Waals surface area contributed by atoms with E-state index in [1.807, 2.05) is 66.4 Å². The molecule has 6 nitrogen and oxygen atoms in total. The average molecular weight is 444 g/mol. The third-order valence-corrected chi connectivity index (χ3v) is 6.05. The van der Waals surface area contributed by atoms with Crippen molar-refractivity contribution in [2.75, 3.05) is 30.4 Å². The normalized spacial score (nSPS) is 14.7. The highest BCUT2D eigenvalue weighted by Gasteiger charge is 2.32. The predicted molar refractivity (Wildman–Crippen MR) is 131 cm³/mol. The number of methoxy groups -OCH3 is 1. The molecule has 0 saturated carbocycles. The summed E-state index contributed by atoms with van der Waals surface area (Å²) in [4.78, 5) is 30.3. The Labute approximate surface area is 194 Å². The number of hydrogen-bond donors (Lipinski definition) is 1. The van der Waals surface area contributed by atoms with Crippen molar-refractivity contribution < 1.29 is 14.3 Å². The number of hydrogen-bond acceptors (Lipinski definition) is 3. The molecule has 0 aromatic heterocycles. The molecule has 3 amide bonds. The van der Waals surface area contributed by atoms with Gasteiger partial charge in [-0.2, -0.15) is 0 Å². The van der Waals surface area contributed by atoms with Gasteiger partial charge in [-0.05, 0) is 55.7 Å². The number of benzene rings is 3. The largest absolute Gasteiger partial charge is 0.496 e. The Balaban J connectivity index is 1.62. The van der Waals surface area contributed by atoms with E-state index in [9.17, 15) is 9.59 Å². The van der Waals surface area contributed by atoms with Crippen LogP contribution in [0.2, 0.25) is 0 Å². The average Bonchev–Trinajstić information content (AvgIpc) is 2.84. The molecule has 1 fully saturated rings. The number of anilines is 2. The van der Waals surface area contributed by atoms with Crippen LogP contribution < -0.4 is 15.0 Å². The number of nitrogens with one attached hydrogen (secondary N) is 1. The van der Waals surface area contributed by atoms with Crippen molar-refractivity contribution in [1.82, 2.24) is 4.90 Å². The molecule has 1 heterocycles. The first-order valence-corrected chi connectivity index (χ1v) is 11.2. The molecule has 0 aliphatic carbocycles. The molecule has 4 rings (SSSR count). The van der Waals surface area contributed by atoms with Crippen molar-refractivity contribution in [2.24, 2.45) is 0 Å². The van der Waals surface area contributed by atoms with Gasteiger partial charge in [-0.15, -0.1) is 0 Å². The second-order valence-electron chi connectivity index (χ2n) is 8.24. The van der Waals surface area contributed by atoms with Crippen molar-refractivity contribution in [3.63, 3.8) is 0 Å². The zero-order valence-corrected chi connectivity index (χ0v) is 19.2. The Bertz CT molecular complexity index is 1150. The summed E-state index contributed by atoms with van der Waals surface area (Å²) in [5.74, 6) is 0.222. The Morgan fingerprint density at radius 2 is 1.73 bits per heavy atom. The quantitative estimate of drug-likeness (QED) is 0.536. The van der Waals surface area contributed by atoms with Gasteiger partial charge in [0.2, 0.25) is 0 Å². The van der Waals surface area contributed by atoms with Crippen LogP contribution in [0.4, 0.5) is 16.2 Å². The van der Waals surface area contributed by atoms with Crippen LogP contribution in [0.25, 0.3) is 0 Å². The molecule has 170 valence electrons. The summed E-state index contributed by atoms with van der Waals surface area (Å²) in [7, 11) is 1.54. The van der Waals surface area contributed by atoms with Crippen LogP contribution in [0.5, 0.6) is 5.75 Å². The lowest BCUT2D eigenvalue weighted by atomic mass is 10.1. The number of carbonyl (C=O) groups is 2. The lowest BCUT2D eigenvalue weighted by Gasteiger charge is -2.39. The molecule has 1 aliphatic heterocycles. The van der Waals surface area contributed by atoms with Gasteiger partial charge in [0, 0.05) is 13.1 Å². The first-order valence-electron chi connectivity index (χ1n) is 11.2. The van der Waals surface area contributed by atoms with Gasteiger partial charge in [0.15, 0.2) is 0 Å². The lowest BCUT2D eigenvalue weighted by molar-refractivity contribution is 0.102. The molecule has 1 unspecified atom stereocenters. The topological polar surface area (TPSA) is 61.9 Å². The van der Waals surface area contributed by atoms with Gasteiger partial charge >= 0.3 is 6.03 Å². The van der Waals surface area contributed by atoms with Crippen molar-refractivity contribution in [3.8, 4) is 5.75 Å². The number of aryl methyl sites for hydroxylation is 1. The van der Waals surface area contributed by atoms with Crippen LogP contribution in [0.1, 0.15) is 40.9 Å². The van der Waals surface area contributed by atoms with Crippen molar-refractivity contribution in [1.29, 1.82) is 0 Å². The van der Waals surface area contributed by atoms with Gasteiger partial charge in [0.05, 0.1) is 30.1 Å². The Kier molecular flexibility index (Phi) is 6.63. The summed E-state index contributed by atoms with van der Waals surface area (Å²) in [5.41, 5.74) is 3.83. The third-order valence-electron chi connectivity index (χ3n) is 6.05. The monoisotopic (exact) mass is 443 g/mol. The zero-order chi connectivity index (χ0) is 23.4. The van der Waals surface area contributed by atoms with Crippen LogP contribution in [0, 0.1) is 6.92 Å². The molecule has 1 aliphatic rings. The molecule has 3 aromatic rings. The van der Waals surface area contributed by atoms with Crippen LogP contribution in [0.3, 0.4) is 0 Å². The van der Waals surface area contributed by atoms with Crippen LogP contribution in [0.15, 0.2) is 72.8 Å². The van der Waals surface area contributed by atoms with E-state index in [-0.39, 0.29) is 18.0 Å². The van der Waals surface area contributed by atoms with Crippen molar-refractivity contribution in [3.05, 3.63) is 89.5 Å². The van der Waals surface area contributed by atoms with Crippen molar-refractivity contribution in [2.45, 2.75) is 26.3 Å². The number of amides is 3. The summed E-state index contributed by atoms with van der Waals surface area (Å²) in [6.07, 6.45) is 0.844. The maximum absolute atomic E-state index is 13.6. The Hall–Kier alpha value is -3.80. The zero-order valence-electron chi connectivity index (χ0n) is 19.2. The van der Waals surface area contributed by atoms with E-state index in [2.05, 4.69) is 12.2 Å². The fourth-order valence-corrected chi connectivity index (χ4v) is 4.25. The minimum atomic E-state index is -0.279. The number of urea groups is 1. The standard InChI is InChI=1S/C27H29N3O3/c1-19-14-15-24(23(18-19)28-26(31)22-12-7-8-13-25(22)33-3)30-17-9-16-29(27(30)32)20(2)21-10-5-4-6-11-21/h4-8,10-15,18,20H,9,16-17H2,1-3H3,(H,28,31). The molecule has 1 saturated heterocycles. The van der Waals surface area contributed by atoms with Gasteiger partial charge in [0.1, 0.15) is 5.75 Å². The Morgan fingerprint density at radius 1 is 1.00 bits per heavy atom. The van der Waals surface area contributed by atoms with E-state index in [0.29, 0.717) is 35.8 Å². The highest BCUT2D eigenvalue weighted by atomic mass is 16.5. The van der Waals surface area contributed by atoms with Gasteiger partial charge in [-0.25, -0.2) is 4.79 Å². The minimum absolute atomic E-state index is 0.0430. The second kappa shape index (κ2) is 9.77. The molecular formula is C27H29N3O3. The van der Waals surface area contributed by atoms with E-state index in [0.717, 1.165) is 17.5 Å². The molecule has 1 N–H and O–H groups in total. The van der Waals surface area contributed by atoms with E-state index < -0.39 is 0 Å². The summed E-state index contributed by atoms with van der Waals surface area (Å²) < 4.78 is 5.34. The van der Waals surface area contributed by atoms with E-state index in [4.69, 9.17) is 4.74 Å². The minimum Gasteiger partial charge on any atom is -0.496 e. The smallest absolute Gasteiger partial charge is 0.325 e. The highest BCUT2D eigenvalue weighted by Crippen LogP contribution is 2.33. The second-order valence-corrected chi connectivity index (χ2v) is 8.24. The molecule has 0 radical (unpaired) electrons. The summed E-state index contributed by atoms with van der Waals surface area (Å²) in [5, 5.41) is 3.00. The molecule has 6 heteroatoms. The molecular weight excluding hydrogens is 414 g/mol. The fraction of sp³-hybridized carbons (Fsp3) is 0.259. The van der Waals surface area contributed by atoms with Crippen LogP contribution in [-0.4, -0.2) is 37.0 Å². The molecule has 3 aromatic carbocycles. The molecule has 0 bridgehead atoms. The summed E-state index contributed by atoms with van der Waals surface area (Å²) in [6, 6.07) is 22.8. The van der Waals surface area contributed by atoms with Gasteiger partial charge in [-0.3, -0.25) is 9.69 Å². The van der Waals surface area contributed by atoms with E-state index in [1.54, 1.807) is 30.2 Å². The van der Waals surface area contributed by atoms with Crippen molar-refractivity contribution >= 4 is 23.3 Å². The maximum Gasteiger partial charge on any atom is 0.325 e. The third kappa shape index (κ3) is 4.70. The van der Waals surface area contributed by atoms with Gasteiger partial charge in [-0.1, -0.05) is 48.5 Å². The number of carbonyl (C=O) groups excluding carboxylic acids is 2. The number of para-hydroxylation sites is 1. The van der Waals surface area contributed by atoms with Gasteiger partial charge < -0.3 is 15.0 Å². The van der Waals surface area contributed by atoms with Crippen LogP contribution >= 0.6 is 0 Å². The summed E-state index contributed by atoms with van der Waals surface area (Å²) >= 11 is 0.